The molecule has 2 aromatic carbocycles. The third kappa shape index (κ3) is 5.40. The second kappa shape index (κ2) is 10.7. The molecule has 2 aliphatic carbocycles. The SMILES string of the molecule is C=S1(=O)C[C@@H](C)/C=C/C[C@H](O)[C@@H]2CC[C@H]2CN2C[C@@]3(CCCc4cc(Cl)ccc43)COc3ccc(cc32)C(=O)N1. The van der Waals surface area contributed by atoms with Gasteiger partial charge in [-0.3, -0.25) is 9.52 Å². The summed E-state index contributed by atoms with van der Waals surface area (Å²) < 4.78 is 22.5. The highest BCUT2D eigenvalue weighted by Gasteiger charge is 2.44. The van der Waals surface area contributed by atoms with Gasteiger partial charge in [0.1, 0.15) is 5.75 Å². The van der Waals surface area contributed by atoms with Crippen LogP contribution in [-0.2, 0) is 21.5 Å². The van der Waals surface area contributed by atoms with E-state index in [-0.39, 0.29) is 28.9 Å². The summed E-state index contributed by atoms with van der Waals surface area (Å²) in [6, 6.07) is 11.7. The number of nitrogens with one attached hydrogen (secondary N) is 1. The first-order valence-corrected chi connectivity index (χ1v) is 16.7. The Morgan fingerprint density at radius 3 is 2.88 bits per heavy atom. The molecule has 2 heterocycles. The van der Waals surface area contributed by atoms with Crippen molar-refractivity contribution in [2.45, 2.75) is 57.0 Å². The van der Waals surface area contributed by atoms with Crippen LogP contribution in [0, 0.1) is 17.8 Å². The Labute approximate surface area is 242 Å². The molecule has 2 N–H and O–H groups in total. The molecule has 214 valence electrons. The number of amides is 1. The van der Waals surface area contributed by atoms with Crippen LogP contribution in [0.4, 0.5) is 5.69 Å². The van der Waals surface area contributed by atoms with Crippen molar-refractivity contribution < 1.29 is 18.8 Å². The first kappa shape index (κ1) is 27.7. The summed E-state index contributed by atoms with van der Waals surface area (Å²) in [6.45, 7) is 4.03. The molecule has 40 heavy (non-hydrogen) atoms. The minimum atomic E-state index is -2.85. The number of carbonyl (C=O) groups is 1. The number of aliphatic hydroxyl groups is 1. The predicted molar refractivity (Wildman–Crippen MR) is 163 cm³/mol. The topological polar surface area (TPSA) is 78.9 Å². The molecule has 1 unspecified atom stereocenters. The number of hydrogen-bond donors (Lipinski definition) is 2. The van der Waals surface area contributed by atoms with Gasteiger partial charge in [-0.15, -0.1) is 0 Å². The Morgan fingerprint density at radius 1 is 1.23 bits per heavy atom. The largest absolute Gasteiger partial charge is 0.490 e. The average molecular weight is 583 g/mol. The van der Waals surface area contributed by atoms with E-state index in [1.807, 2.05) is 37.3 Å². The van der Waals surface area contributed by atoms with Crippen molar-refractivity contribution in [1.29, 1.82) is 0 Å². The highest BCUT2D eigenvalue weighted by molar-refractivity contribution is 7.99. The lowest BCUT2D eigenvalue weighted by Crippen LogP contribution is -2.49. The van der Waals surface area contributed by atoms with Crippen molar-refractivity contribution in [3.63, 3.8) is 0 Å². The highest BCUT2D eigenvalue weighted by Crippen LogP contribution is 2.46. The minimum absolute atomic E-state index is 0.0389. The molecular weight excluding hydrogens is 544 g/mol. The number of aliphatic hydroxyl groups excluding tert-OH is 1. The Kier molecular flexibility index (Phi) is 7.43. The summed E-state index contributed by atoms with van der Waals surface area (Å²) in [5.74, 6) is 4.98. The van der Waals surface area contributed by atoms with E-state index in [9.17, 15) is 14.1 Å². The van der Waals surface area contributed by atoms with Crippen LogP contribution in [0.25, 0.3) is 0 Å². The summed E-state index contributed by atoms with van der Waals surface area (Å²) in [5, 5.41) is 11.9. The number of halogens is 1. The fourth-order valence-electron chi connectivity index (χ4n) is 7.24. The van der Waals surface area contributed by atoms with Gasteiger partial charge in [-0.05, 0) is 104 Å². The second-order valence-corrected chi connectivity index (χ2v) is 15.0. The zero-order chi connectivity index (χ0) is 28.1. The number of rotatable bonds is 0. The van der Waals surface area contributed by atoms with Crippen LogP contribution < -0.4 is 14.4 Å². The smallest absolute Gasteiger partial charge is 0.262 e. The molecule has 1 spiro atoms. The molecule has 8 heteroatoms. The van der Waals surface area contributed by atoms with E-state index in [0.29, 0.717) is 24.5 Å². The number of aryl methyl sites for hydroxylation is 1. The molecule has 0 aromatic heterocycles. The van der Waals surface area contributed by atoms with Crippen molar-refractivity contribution in [3.05, 3.63) is 70.3 Å². The van der Waals surface area contributed by atoms with E-state index in [1.165, 1.54) is 11.1 Å². The number of carbonyl (C=O) groups excluding carboxylic acids is 1. The van der Waals surface area contributed by atoms with Gasteiger partial charge in [0, 0.05) is 44.6 Å². The van der Waals surface area contributed by atoms with Gasteiger partial charge in [0.2, 0.25) is 0 Å². The quantitative estimate of drug-likeness (QED) is 0.331. The monoisotopic (exact) mass is 582 g/mol. The summed E-state index contributed by atoms with van der Waals surface area (Å²) in [4.78, 5) is 15.7. The fraction of sp³-hybridized carbons (Fsp3) is 0.500. The molecule has 2 aliphatic heterocycles. The van der Waals surface area contributed by atoms with Crippen LogP contribution in [0.15, 0.2) is 48.6 Å². The maximum atomic E-state index is 13.3. The summed E-state index contributed by atoms with van der Waals surface area (Å²) >= 11 is 6.39. The van der Waals surface area contributed by atoms with Gasteiger partial charge in [0.25, 0.3) is 5.91 Å². The zero-order valence-electron chi connectivity index (χ0n) is 23.1. The highest BCUT2D eigenvalue weighted by atomic mass is 35.5. The first-order valence-electron chi connectivity index (χ1n) is 14.4. The molecule has 2 aromatic rings. The van der Waals surface area contributed by atoms with Crippen molar-refractivity contribution in [3.8, 4) is 5.75 Å². The normalized spacial score (nSPS) is 34.9. The van der Waals surface area contributed by atoms with Crippen molar-refractivity contribution in [2.75, 3.05) is 30.3 Å². The third-order valence-electron chi connectivity index (χ3n) is 9.38. The van der Waals surface area contributed by atoms with E-state index in [0.717, 1.165) is 61.7 Å². The van der Waals surface area contributed by atoms with Gasteiger partial charge in [0.05, 0.1) is 18.4 Å². The Bertz CT molecular complexity index is 1440. The molecule has 6 nitrogen and oxygen atoms in total. The Balaban J connectivity index is 1.41. The molecule has 0 radical (unpaired) electrons. The lowest BCUT2D eigenvalue weighted by molar-refractivity contribution is 0.0177. The maximum absolute atomic E-state index is 13.3. The number of allylic oxidation sites excluding steroid dienone is 1. The number of nitrogens with zero attached hydrogens (tertiary/aromatic N) is 1. The summed E-state index contributed by atoms with van der Waals surface area (Å²) in [6.07, 6.45) is 9.26. The van der Waals surface area contributed by atoms with Crippen LogP contribution >= 0.6 is 11.6 Å². The molecule has 6 rings (SSSR count). The third-order valence-corrected chi connectivity index (χ3v) is 11.2. The van der Waals surface area contributed by atoms with Gasteiger partial charge in [0.15, 0.2) is 0 Å². The van der Waals surface area contributed by atoms with Gasteiger partial charge in [-0.25, -0.2) is 4.21 Å². The average Bonchev–Trinajstić information content (AvgIpc) is 3.02. The number of hydrogen-bond acceptors (Lipinski definition) is 5. The Hall–Kier alpha value is -2.48. The zero-order valence-corrected chi connectivity index (χ0v) is 24.7. The maximum Gasteiger partial charge on any atom is 0.262 e. The fourth-order valence-corrected chi connectivity index (χ4v) is 8.94. The van der Waals surface area contributed by atoms with E-state index in [1.54, 1.807) is 6.07 Å². The van der Waals surface area contributed by atoms with Gasteiger partial charge in [-0.2, -0.15) is 0 Å². The van der Waals surface area contributed by atoms with E-state index < -0.39 is 15.8 Å². The predicted octanol–water partition coefficient (Wildman–Crippen LogP) is 5.16. The van der Waals surface area contributed by atoms with Crippen LogP contribution in [0.5, 0.6) is 5.75 Å². The molecular formula is C32H39ClN2O4S. The Morgan fingerprint density at radius 2 is 2.08 bits per heavy atom. The molecule has 0 saturated heterocycles. The number of anilines is 1. The van der Waals surface area contributed by atoms with Crippen molar-refractivity contribution in [1.82, 2.24) is 4.72 Å². The summed E-state index contributed by atoms with van der Waals surface area (Å²) in [7, 11) is -2.85. The van der Waals surface area contributed by atoms with Crippen molar-refractivity contribution in [2.24, 2.45) is 17.8 Å². The lowest BCUT2D eigenvalue weighted by atomic mass is 9.68. The lowest BCUT2D eigenvalue weighted by Gasteiger charge is -2.45. The van der Waals surface area contributed by atoms with Crippen molar-refractivity contribution >= 4 is 38.8 Å². The standard InChI is InChI=1S/C32H39ClN2O4S/c1-21-5-3-7-29(36)26-11-8-24(26)17-35-19-32(14-4-6-22-15-25(33)10-12-27(22)32)20-39-30-13-9-23(16-28(30)35)31(37)34-40(2,38)18-21/h3,5,9-10,12-13,15-16,21,24,26,29,36H,2,4,6-8,11,14,17-20H2,1H3,(H,34,37,38)/b5-3+/t21-,24-,26+,29-,32-,40?/m0/s1. The van der Waals surface area contributed by atoms with Crippen LogP contribution in [0.1, 0.15) is 60.5 Å². The van der Waals surface area contributed by atoms with E-state index >= 15 is 0 Å². The molecule has 4 aliphatic rings. The number of benzene rings is 2. The number of fused-ring (bicyclic) bond motifs is 4. The van der Waals surface area contributed by atoms with Gasteiger partial charge >= 0.3 is 0 Å². The minimum Gasteiger partial charge on any atom is -0.490 e. The second-order valence-electron chi connectivity index (χ2n) is 12.4. The molecule has 1 saturated carbocycles. The van der Waals surface area contributed by atoms with E-state index in [4.69, 9.17) is 16.3 Å². The number of ether oxygens (including phenoxy) is 1. The molecule has 6 atom stereocenters. The van der Waals surface area contributed by atoms with E-state index in [2.05, 4.69) is 27.6 Å². The van der Waals surface area contributed by atoms with Crippen LogP contribution in [-0.4, -0.2) is 52.6 Å². The van der Waals surface area contributed by atoms with Crippen LogP contribution in [0.3, 0.4) is 0 Å². The van der Waals surface area contributed by atoms with Gasteiger partial charge in [-0.1, -0.05) is 36.7 Å². The summed E-state index contributed by atoms with van der Waals surface area (Å²) in [5.41, 5.74) is 3.68. The van der Waals surface area contributed by atoms with Crippen LogP contribution in [0.2, 0.25) is 5.02 Å². The van der Waals surface area contributed by atoms with Gasteiger partial charge < -0.3 is 14.7 Å². The molecule has 1 fully saturated rings. The first-order chi connectivity index (χ1) is 19.1. The molecule has 1 amide bonds. The molecule has 2 bridgehead atoms.